The zero-order valence-corrected chi connectivity index (χ0v) is 51.5. The normalized spacial score (nSPS) is 13.1. The van der Waals surface area contributed by atoms with Crippen LogP contribution in [0.4, 0.5) is 0 Å². The summed E-state index contributed by atoms with van der Waals surface area (Å²) >= 11 is 0. The Morgan fingerprint density at radius 1 is 0.316 bits per heavy atom. The van der Waals surface area contributed by atoms with Gasteiger partial charge < -0.3 is 15.5 Å². The van der Waals surface area contributed by atoms with Crippen LogP contribution < -0.4 is 5.32 Å². The molecular weight excluding hydrogens is 927 g/mol. The van der Waals surface area contributed by atoms with Gasteiger partial charge in [0.05, 0.1) is 18.8 Å². The van der Waals surface area contributed by atoms with E-state index in [4.69, 9.17) is 0 Å². The van der Waals surface area contributed by atoms with Gasteiger partial charge in [-0.1, -0.05) is 357 Å². The van der Waals surface area contributed by atoms with Crippen LogP contribution in [0.25, 0.3) is 0 Å². The monoisotopic (exact) mass is 1060 g/mol. The second-order valence-electron chi connectivity index (χ2n) is 23.6. The van der Waals surface area contributed by atoms with Gasteiger partial charge in [0, 0.05) is 6.42 Å². The van der Waals surface area contributed by atoms with Crippen LogP contribution in [0.3, 0.4) is 0 Å². The second kappa shape index (κ2) is 67.4. The average molecular weight is 1060 g/mol. The molecule has 0 aromatic carbocycles. The van der Waals surface area contributed by atoms with Crippen LogP contribution in [0.1, 0.15) is 373 Å². The van der Waals surface area contributed by atoms with Crippen molar-refractivity contribution in [1.29, 1.82) is 0 Å². The van der Waals surface area contributed by atoms with Crippen LogP contribution in [-0.4, -0.2) is 34.9 Å². The number of rotatable bonds is 64. The molecule has 3 N–H and O–H groups in total. The Balaban J connectivity index is 3.45. The van der Waals surface area contributed by atoms with Crippen LogP contribution in [0.5, 0.6) is 0 Å². The van der Waals surface area contributed by atoms with E-state index in [1.54, 1.807) is 6.08 Å². The lowest BCUT2D eigenvalue weighted by Crippen LogP contribution is -2.45. The molecule has 4 heteroatoms. The van der Waals surface area contributed by atoms with E-state index in [0.717, 1.165) is 44.9 Å². The number of carbonyl (C=O) groups excluding carboxylic acids is 1. The molecule has 0 saturated carbocycles. The maximum Gasteiger partial charge on any atom is 0.220 e. The molecule has 4 nitrogen and oxygen atoms in total. The molecule has 76 heavy (non-hydrogen) atoms. The molecule has 0 bridgehead atoms. The van der Waals surface area contributed by atoms with Crippen molar-refractivity contribution in [3.63, 3.8) is 0 Å². The fourth-order valence-electron chi connectivity index (χ4n) is 10.7. The Bertz CT molecular complexity index is 1250. The minimum atomic E-state index is -0.864. The summed E-state index contributed by atoms with van der Waals surface area (Å²) < 4.78 is 0. The summed E-state index contributed by atoms with van der Waals surface area (Å²) in [4.78, 5) is 12.5. The first-order valence-corrected chi connectivity index (χ1v) is 34.5. The Hall–Kier alpha value is -1.91. The van der Waals surface area contributed by atoms with Crippen molar-refractivity contribution in [1.82, 2.24) is 5.32 Å². The number of unbranched alkanes of at least 4 members (excludes halogenated alkanes) is 49. The van der Waals surface area contributed by atoms with E-state index in [-0.39, 0.29) is 12.5 Å². The Labute approximate surface area is 477 Å². The summed E-state index contributed by atoms with van der Waals surface area (Å²) in [7, 11) is 0. The van der Waals surface area contributed by atoms with Crippen LogP contribution >= 0.6 is 0 Å². The third-order valence-corrected chi connectivity index (χ3v) is 16.0. The minimum absolute atomic E-state index is 0.0674. The van der Waals surface area contributed by atoms with E-state index >= 15 is 0 Å². The molecule has 2 unspecified atom stereocenters. The predicted octanol–water partition coefficient (Wildman–Crippen LogP) is 23.5. The highest BCUT2D eigenvalue weighted by Gasteiger charge is 2.18. The van der Waals surface area contributed by atoms with Gasteiger partial charge in [-0.15, -0.1) is 0 Å². The van der Waals surface area contributed by atoms with E-state index < -0.39 is 12.1 Å². The van der Waals surface area contributed by atoms with Gasteiger partial charge >= 0.3 is 0 Å². The molecule has 0 radical (unpaired) electrons. The van der Waals surface area contributed by atoms with Crippen molar-refractivity contribution in [3.05, 3.63) is 60.8 Å². The number of hydrogen-bond donors (Lipinski definition) is 3. The van der Waals surface area contributed by atoms with E-state index in [0.29, 0.717) is 6.42 Å². The van der Waals surface area contributed by atoms with Crippen molar-refractivity contribution in [2.24, 2.45) is 0 Å². The van der Waals surface area contributed by atoms with E-state index in [1.807, 2.05) is 6.08 Å². The van der Waals surface area contributed by atoms with Crippen molar-refractivity contribution < 1.29 is 15.0 Å². The molecular formula is C72H135NO3. The molecule has 0 heterocycles. The first-order valence-electron chi connectivity index (χ1n) is 34.5. The summed E-state index contributed by atoms with van der Waals surface area (Å²) in [5, 5.41) is 23.3. The summed E-state index contributed by atoms with van der Waals surface area (Å²) in [6, 6.07) is -0.641. The number of hydrogen-bond acceptors (Lipinski definition) is 3. The first kappa shape index (κ1) is 74.1. The molecule has 2 atom stereocenters. The summed E-state index contributed by atoms with van der Waals surface area (Å²) in [6.07, 6.45) is 95.9. The van der Waals surface area contributed by atoms with Gasteiger partial charge in [-0.2, -0.15) is 0 Å². The van der Waals surface area contributed by atoms with Gasteiger partial charge in [-0.3, -0.25) is 4.79 Å². The Kier molecular flexibility index (Phi) is 65.7. The standard InChI is InChI=1S/C72H135NO3/c1-3-5-7-9-11-13-15-17-19-21-23-25-27-29-31-32-33-34-35-36-37-38-39-40-42-44-46-48-50-52-54-56-58-60-62-64-66-68-72(76)73-70(69-74)71(75)67-65-63-61-59-57-55-53-51-49-47-45-43-41-30-28-26-24-22-20-18-16-14-12-10-8-6-4-2/h15,17,21,23,27,29,57,59,65,67,70-71,74-75H,3-14,16,18-20,22,24-26,28,30-56,58,60-64,66,68-69H2,1-2H3,(H,73,76)/b17-15-,23-21-,29-27-,59-57+,67-65+. The number of aliphatic hydroxyl groups excluding tert-OH is 2. The molecule has 0 aliphatic heterocycles. The Morgan fingerprint density at radius 2 is 0.553 bits per heavy atom. The maximum atomic E-state index is 12.5. The Morgan fingerprint density at radius 3 is 0.855 bits per heavy atom. The highest BCUT2D eigenvalue weighted by atomic mass is 16.3. The SMILES string of the molecule is CCCCCCC/C=C\C/C=C\C/C=C\CCCCCCCCCCCCCCCCCCCCCCCCC(=O)NC(CO)C(O)/C=C/CC/C=C/CCCCCCCCCCCCCCCCCCCCCCC. The average Bonchev–Trinajstić information content (AvgIpc) is 3.42. The van der Waals surface area contributed by atoms with E-state index in [2.05, 4.69) is 67.8 Å². The fraction of sp³-hybridized carbons (Fsp3) is 0.847. The quantitative estimate of drug-likeness (QED) is 0.0420. The van der Waals surface area contributed by atoms with Gasteiger partial charge in [-0.05, 0) is 70.6 Å². The lowest BCUT2D eigenvalue weighted by molar-refractivity contribution is -0.123. The largest absolute Gasteiger partial charge is 0.394 e. The third kappa shape index (κ3) is 62.9. The topological polar surface area (TPSA) is 69.6 Å². The molecule has 0 rings (SSSR count). The second-order valence-corrected chi connectivity index (χ2v) is 23.6. The zero-order valence-electron chi connectivity index (χ0n) is 51.5. The van der Waals surface area contributed by atoms with Crippen molar-refractivity contribution >= 4 is 5.91 Å². The van der Waals surface area contributed by atoms with Gasteiger partial charge in [0.1, 0.15) is 0 Å². The van der Waals surface area contributed by atoms with Gasteiger partial charge in [0.25, 0.3) is 0 Å². The van der Waals surface area contributed by atoms with Crippen molar-refractivity contribution in [3.8, 4) is 0 Å². The third-order valence-electron chi connectivity index (χ3n) is 16.0. The van der Waals surface area contributed by atoms with Crippen LogP contribution in [0.15, 0.2) is 60.8 Å². The van der Waals surface area contributed by atoms with Crippen molar-refractivity contribution in [2.45, 2.75) is 386 Å². The number of aliphatic hydroxyl groups is 2. The van der Waals surface area contributed by atoms with E-state index in [1.165, 1.54) is 308 Å². The number of carbonyl (C=O) groups is 1. The molecule has 0 aromatic rings. The first-order chi connectivity index (χ1) is 37.7. The molecule has 0 aliphatic rings. The smallest absolute Gasteiger partial charge is 0.220 e. The number of allylic oxidation sites excluding steroid dienone is 9. The van der Waals surface area contributed by atoms with Crippen molar-refractivity contribution in [2.75, 3.05) is 6.61 Å². The molecule has 0 saturated heterocycles. The van der Waals surface area contributed by atoms with Crippen LogP contribution in [0.2, 0.25) is 0 Å². The fourth-order valence-corrected chi connectivity index (χ4v) is 10.7. The summed E-state index contributed by atoms with van der Waals surface area (Å²) in [5.41, 5.74) is 0. The summed E-state index contributed by atoms with van der Waals surface area (Å²) in [6.45, 7) is 4.32. The highest BCUT2D eigenvalue weighted by molar-refractivity contribution is 5.76. The van der Waals surface area contributed by atoms with Crippen LogP contribution in [0, 0.1) is 0 Å². The zero-order chi connectivity index (χ0) is 54.8. The number of amides is 1. The van der Waals surface area contributed by atoms with Gasteiger partial charge in [0.15, 0.2) is 0 Å². The molecule has 0 aliphatic carbocycles. The highest BCUT2D eigenvalue weighted by Crippen LogP contribution is 2.18. The van der Waals surface area contributed by atoms with Crippen LogP contribution in [-0.2, 0) is 4.79 Å². The maximum absolute atomic E-state index is 12.5. The summed E-state index contributed by atoms with van der Waals surface area (Å²) in [5.74, 6) is -0.0674. The van der Waals surface area contributed by atoms with Gasteiger partial charge in [-0.25, -0.2) is 0 Å². The minimum Gasteiger partial charge on any atom is -0.394 e. The predicted molar refractivity (Wildman–Crippen MR) is 341 cm³/mol. The number of nitrogens with one attached hydrogen (secondary N) is 1. The molecule has 1 amide bonds. The molecule has 0 aromatic heterocycles. The molecule has 0 fully saturated rings. The van der Waals surface area contributed by atoms with E-state index in [9.17, 15) is 15.0 Å². The lowest BCUT2D eigenvalue weighted by atomic mass is 10.0. The molecule has 446 valence electrons. The molecule has 0 spiro atoms. The lowest BCUT2D eigenvalue weighted by Gasteiger charge is -2.19. The van der Waals surface area contributed by atoms with Gasteiger partial charge in [0.2, 0.25) is 5.91 Å².